The highest BCUT2D eigenvalue weighted by Gasteiger charge is 2.07. The van der Waals surface area contributed by atoms with Crippen LogP contribution < -0.4 is 10.6 Å². The molecule has 0 aliphatic carbocycles. The quantitative estimate of drug-likeness (QED) is 0.909. The topological polar surface area (TPSA) is 58.2 Å². The van der Waals surface area contributed by atoms with Crippen LogP contribution in [0.2, 0.25) is 0 Å². The van der Waals surface area contributed by atoms with Crippen LogP contribution in [0.3, 0.4) is 0 Å². The summed E-state index contributed by atoms with van der Waals surface area (Å²) in [7, 11) is 0. The molecule has 0 heterocycles. The molecule has 0 saturated heterocycles. The van der Waals surface area contributed by atoms with Gasteiger partial charge in [-0.15, -0.1) is 0 Å². The summed E-state index contributed by atoms with van der Waals surface area (Å²) in [6.07, 6.45) is 0. The van der Waals surface area contributed by atoms with Crippen molar-refractivity contribution in [2.24, 2.45) is 0 Å². The molecule has 0 spiro atoms. The van der Waals surface area contributed by atoms with Gasteiger partial charge in [-0.05, 0) is 55.0 Å². The van der Waals surface area contributed by atoms with Gasteiger partial charge in [-0.2, -0.15) is 0 Å². The number of anilines is 2. The summed E-state index contributed by atoms with van der Waals surface area (Å²) < 4.78 is 12.8. The number of amides is 2. The maximum Gasteiger partial charge on any atom is 0.255 e. The first kappa shape index (κ1) is 14.7. The van der Waals surface area contributed by atoms with Crippen LogP contribution in [0, 0.1) is 12.7 Å². The molecule has 5 heteroatoms. The van der Waals surface area contributed by atoms with Gasteiger partial charge >= 0.3 is 0 Å². The zero-order chi connectivity index (χ0) is 15.4. The first-order chi connectivity index (χ1) is 9.95. The molecule has 0 aliphatic heterocycles. The molecule has 0 radical (unpaired) electrons. The van der Waals surface area contributed by atoms with Gasteiger partial charge in [0, 0.05) is 23.9 Å². The van der Waals surface area contributed by atoms with Crippen LogP contribution in [0.25, 0.3) is 0 Å². The van der Waals surface area contributed by atoms with Gasteiger partial charge in [0.15, 0.2) is 0 Å². The average molecular weight is 286 g/mol. The van der Waals surface area contributed by atoms with E-state index in [0.717, 1.165) is 5.56 Å². The minimum Gasteiger partial charge on any atom is -0.326 e. The maximum absolute atomic E-state index is 12.8. The van der Waals surface area contributed by atoms with E-state index in [9.17, 15) is 14.0 Å². The smallest absolute Gasteiger partial charge is 0.255 e. The van der Waals surface area contributed by atoms with Crippen molar-refractivity contribution in [3.8, 4) is 0 Å². The second kappa shape index (κ2) is 6.17. The van der Waals surface area contributed by atoms with Crippen molar-refractivity contribution in [2.75, 3.05) is 10.6 Å². The van der Waals surface area contributed by atoms with Gasteiger partial charge in [0.05, 0.1) is 0 Å². The predicted octanol–water partition coefficient (Wildman–Crippen LogP) is 3.34. The van der Waals surface area contributed by atoms with Crippen LogP contribution in [0.4, 0.5) is 15.8 Å². The molecular weight excluding hydrogens is 271 g/mol. The SMILES string of the molecule is CC(=O)Nc1ccc(NC(=O)c2ccc(F)cc2)cc1C. The number of halogens is 1. The highest BCUT2D eigenvalue weighted by molar-refractivity contribution is 6.04. The Morgan fingerprint density at radius 1 is 1.00 bits per heavy atom. The number of carbonyl (C=O) groups is 2. The zero-order valence-corrected chi connectivity index (χ0v) is 11.7. The van der Waals surface area contributed by atoms with Gasteiger partial charge in [0.2, 0.25) is 5.91 Å². The monoisotopic (exact) mass is 286 g/mol. The average Bonchev–Trinajstić information content (AvgIpc) is 2.42. The highest BCUT2D eigenvalue weighted by Crippen LogP contribution is 2.20. The van der Waals surface area contributed by atoms with Crippen molar-refractivity contribution in [1.29, 1.82) is 0 Å². The lowest BCUT2D eigenvalue weighted by Crippen LogP contribution is -2.12. The Balaban J connectivity index is 2.12. The molecule has 0 aromatic heterocycles. The summed E-state index contributed by atoms with van der Waals surface area (Å²) in [4.78, 5) is 23.0. The molecule has 0 aliphatic rings. The Labute approximate surface area is 122 Å². The summed E-state index contributed by atoms with van der Waals surface area (Å²) in [6, 6.07) is 10.5. The molecule has 2 rings (SSSR count). The van der Waals surface area contributed by atoms with Crippen molar-refractivity contribution in [3.63, 3.8) is 0 Å². The van der Waals surface area contributed by atoms with Crippen molar-refractivity contribution in [1.82, 2.24) is 0 Å². The molecule has 0 bridgehead atoms. The summed E-state index contributed by atoms with van der Waals surface area (Å²) in [5.74, 6) is -0.857. The van der Waals surface area contributed by atoms with Gasteiger partial charge in [0.25, 0.3) is 5.91 Å². The van der Waals surface area contributed by atoms with E-state index < -0.39 is 0 Å². The fourth-order valence-electron chi connectivity index (χ4n) is 1.88. The molecule has 0 saturated carbocycles. The summed E-state index contributed by atoms with van der Waals surface area (Å²) in [5, 5.41) is 5.42. The van der Waals surface area contributed by atoms with Crippen LogP contribution in [0.1, 0.15) is 22.8 Å². The van der Waals surface area contributed by atoms with Gasteiger partial charge < -0.3 is 10.6 Å². The first-order valence-electron chi connectivity index (χ1n) is 6.41. The Morgan fingerprint density at radius 2 is 1.67 bits per heavy atom. The third-order valence-corrected chi connectivity index (χ3v) is 2.90. The Kier molecular flexibility index (Phi) is 4.33. The Hall–Kier alpha value is -2.69. The number of benzene rings is 2. The number of nitrogens with one attached hydrogen (secondary N) is 2. The number of carbonyl (C=O) groups excluding carboxylic acids is 2. The minimum atomic E-state index is -0.387. The standard InChI is InChI=1S/C16H15FN2O2/c1-10-9-14(7-8-15(10)18-11(2)20)19-16(21)12-3-5-13(17)6-4-12/h3-9H,1-2H3,(H,18,20)(H,19,21). The fraction of sp³-hybridized carbons (Fsp3) is 0.125. The second-order valence-electron chi connectivity index (χ2n) is 4.67. The zero-order valence-electron chi connectivity index (χ0n) is 11.7. The molecule has 2 aromatic carbocycles. The number of hydrogen-bond donors (Lipinski definition) is 2. The molecule has 21 heavy (non-hydrogen) atoms. The summed E-state index contributed by atoms with van der Waals surface area (Å²) >= 11 is 0. The van der Waals surface area contributed by atoms with E-state index in [1.165, 1.54) is 31.2 Å². The van der Waals surface area contributed by atoms with Crippen LogP contribution in [-0.2, 0) is 4.79 Å². The molecule has 2 N–H and O–H groups in total. The Morgan fingerprint density at radius 3 is 2.24 bits per heavy atom. The van der Waals surface area contributed by atoms with Crippen molar-refractivity contribution in [3.05, 3.63) is 59.4 Å². The molecular formula is C16H15FN2O2. The lowest BCUT2D eigenvalue weighted by molar-refractivity contribution is -0.114. The Bertz CT molecular complexity index is 681. The summed E-state index contributed by atoms with van der Waals surface area (Å²) in [5.41, 5.74) is 2.51. The van der Waals surface area contributed by atoms with Gasteiger partial charge in [-0.25, -0.2) is 4.39 Å². The van der Waals surface area contributed by atoms with Crippen molar-refractivity contribution >= 4 is 23.2 Å². The molecule has 0 unspecified atom stereocenters. The molecule has 4 nitrogen and oxygen atoms in total. The van der Waals surface area contributed by atoms with Crippen molar-refractivity contribution in [2.45, 2.75) is 13.8 Å². The van der Waals surface area contributed by atoms with Gasteiger partial charge in [-0.1, -0.05) is 0 Å². The van der Waals surface area contributed by atoms with Gasteiger partial charge in [-0.3, -0.25) is 9.59 Å². The van der Waals surface area contributed by atoms with E-state index in [-0.39, 0.29) is 17.6 Å². The van der Waals surface area contributed by atoms with E-state index in [2.05, 4.69) is 10.6 Å². The largest absolute Gasteiger partial charge is 0.326 e. The predicted molar refractivity (Wildman–Crippen MR) is 79.8 cm³/mol. The molecule has 0 fully saturated rings. The number of rotatable bonds is 3. The van der Waals surface area contributed by atoms with E-state index in [0.29, 0.717) is 16.9 Å². The normalized spacial score (nSPS) is 10.0. The fourth-order valence-corrected chi connectivity index (χ4v) is 1.88. The third-order valence-electron chi connectivity index (χ3n) is 2.90. The first-order valence-corrected chi connectivity index (χ1v) is 6.41. The molecule has 0 atom stereocenters. The number of aryl methyl sites for hydroxylation is 1. The van der Waals surface area contributed by atoms with Crippen molar-refractivity contribution < 1.29 is 14.0 Å². The van der Waals surface area contributed by atoms with Crippen LogP contribution in [0.5, 0.6) is 0 Å². The maximum atomic E-state index is 12.8. The second-order valence-corrected chi connectivity index (χ2v) is 4.67. The van der Waals surface area contributed by atoms with E-state index in [4.69, 9.17) is 0 Å². The third kappa shape index (κ3) is 3.89. The molecule has 108 valence electrons. The van der Waals surface area contributed by atoms with E-state index in [1.807, 2.05) is 6.92 Å². The minimum absolute atomic E-state index is 0.152. The number of hydrogen-bond acceptors (Lipinski definition) is 2. The van der Waals surface area contributed by atoms with E-state index in [1.54, 1.807) is 18.2 Å². The van der Waals surface area contributed by atoms with Gasteiger partial charge in [0.1, 0.15) is 5.82 Å². The molecule has 2 amide bonds. The van der Waals surface area contributed by atoms with Crippen LogP contribution in [-0.4, -0.2) is 11.8 Å². The summed E-state index contributed by atoms with van der Waals surface area (Å²) in [6.45, 7) is 3.27. The lowest BCUT2D eigenvalue weighted by Gasteiger charge is -2.10. The van der Waals surface area contributed by atoms with E-state index >= 15 is 0 Å². The van der Waals surface area contributed by atoms with Crippen LogP contribution >= 0.6 is 0 Å². The highest BCUT2D eigenvalue weighted by atomic mass is 19.1. The van der Waals surface area contributed by atoms with Crippen LogP contribution in [0.15, 0.2) is 42.5 Å². The molecule has 2 aromatic rings. The lowest BCUT2D eigenvalue weighted by atomic mass is 10.1.